The number of unbranched alkanes of at least 4 members (excludes halogenated alkanes) is 1. The van der Waals surface area contributed by atoms with Crippen molar-refractivity contribution in [2.24, 2.45) is 5.41 Å². The summed E-state index contributed by atoms with van der Waals surface area (Å²) in [5.41, 5.74) is 1.80. The summed E-state index contributed by atoms with van der Waals surface area (Å²) >= 11 is 0. The number of rotatable bonds is 10. The van der Waals surface area contributed by atoms with E-state index in [2.05, 4.69) is 25.7 Å². The van der Waals surface area contributed by atoms with Crippen LogP contribution >= 0.6 is 0 Å². The van der Waals surface area contributed by atoms with Crippen LogP contribution in [-0.4, -0.2) is 64.9 Å². The highest BCUT2D eigenvalue weighted by Crippen LogP contribution is 2.43. The minimum atomic E-state index is -0.605. The van der Waals surface area contributed by atoms with Crippen LogP contribution in [0.15, 0.2) is 35.3 Å². The number of ether oxygens (including phenoxy) is 2. The van der Waals surface area contributed by atoms with Gasteiger partial charge in [-0.2, -0.15) is 5.10 Å². The Morgan fingerprint density at radius 3 is 2.76 bits per heavy atom. The molecule has 198 valence electrons. The Morgan fingerprint density at radius 2 is 2.05 bits per heavy atom. The molecule has 0 N–H and O–H groups in total. The monoisotopic (exact) mass is 508 g/mol. The van der Waals surface area contributed by atoms with Crippen molar-refractivity contribution in [2.75, 3.05) is 33.4 Å². The minimum absolute atomic E-state index is 0.0394. The number of carbonyl (C=O) groups excluding carboxylic acids is 2. The first-order valence-corrected chi connectivity index (χ1v) is 12.8. The van der Waals surface area contributed by atoms with Gasteiger partial charge in [-0.25, -0.2) is 4.79 Å². The van der Waals surface area contributed by atoms with Gasteiger partial charge < -0.3 is 23.7 Å². The van der Waals surface area contributed by atoms with Gasteiger partial charge in [0.05, 0.1) is 30.6 Å². The van der Waals surface area contributed by atoms with Crippen LogP contribution in [0.4, 0.5) is 0 Å². The highest BCUT2D eigenvalue weighted by Gasteiger charge is 2.35. The number of fused-ring (bicyclic) bond motifs is 5. The van der Waals surface area contributed by atoms with Crippen LogP contribution in [0.2, 0.25) is 0 Å². The molecular weight excluding hydrogens is 472 g/mol. The Bertz CT molecular complexity index is 1350. The maximum absolute atomic E-state index is 13.0. The lowest BCUT2D eigenvalue weighted by Crippen LogP contribution is -2.35. The number of hydrogen-bond donors (Lipinski definition) is 0. The standard InChI is InChI=1S/C28H36N4O5/c1-6-36-27(35)20-17-31-21(16-22(20)34)26-19-10-9-11-23(37-15-13-30(5)12-7-8-14-33)25(19)29-32(26)18-24(31)28(2,3)4/h9-11,14,16-17,24H,6-8,12-13,15,18H2,1-5H3. The fourth-order valence-electron chi connectivity index (χ4n) is 4.82. The Hall–Kier alpha value is -3.46. The second kappa shape index (κ2) is 10.9. The Morgan fingerprint density at radius 1 is 1.27 bits per heavy atom. The quantitative estimate of drug-likeness (QED) is 0.233. The van der Waals surface area contributed by atoms with Crippen molar-refractivity contribution in [2.45, 2.75) is 53.1 Å². The summed E-state index contributed by atoms with van der Waals surface area (Å²) in [6, 6.07) is 7.31. The molecule has 0 fully saturated rings. The van der Waals surface area contributed by atoms with E-state index >= 15 is 0 Å². The molecule has 0 saturated heterocycles. The molecule has 3 aromatic rings. The van der Waals surface area contributed by atoms with Gasteiger partial charge in [0.2, 0.25) is 0 Å². The first-order valence-electron chi connectivity index (χ1n) is 12.8. The van der Waals surface area contributed by atoms with Gasteiger partial charge in [0.25, 0.3) is 0 Å². The van der Waals surface area contributed by atoms with E-state index in [1.807, 2.05) is 34.5 Å². The molecule has 1 unspecified atom stereocenters. The van der Waals surface area contributed by atoms with Crippen LogP contribution in [-0.2, 0) is 16.1 Å². The molecule has 1 aromatic carbocycles. The van der Waals surface area contributed by atoms with Crippen molar-refractivity contribution in [1.82, 2.24) is 19.2 Å². The Balaban J connectivity index is 1.72. The molecule has 9 heteroatoms. The number of aromatic nitrogens is 3. The molecular formula is C28H36N4O5. The maximum Gasteiger partial charge on any atom is 0.343 e. The van der Waals surface area contributed by atoms with Crippen LogP contribution < -0.4 is 10.2 Å². The van der Waals surface area contributed by atoms with Crippen molar-refractivity contribution < 1.29 is 19.1 Å². The molecule has 37 heavy (non-hydrogen) atoms. The van der Waals surface area contributed by atoms with E-state index in [4.69, 9.17) is 14.6 Å². The molecule has 1 aliphatic rings. The zero-order valence-electron chi connectivity index (χ0n) is 22.3. The number of esters is 1. The number of pyridine rings is 1. The van der Waals surface area contributed by atoms with Crippen molar-refractivity contribution in [1.29, 1.82) is 0 Å². The molecule has 0 bridgehead atoms. The van der Waals surface area contributed by atoms with E-state index in [0.29, 0.717) is 25.3 Å². The van der Waals surface area contributed by atoms with E-state index in [1.54, 1.807) is 13.1 Å². The molecule has 4 rings (SSSR count). The highest BCUT2D eigenvalue weighted by atomic mass is 16.5. The molecule has 1 atom stereocenters. The summed E-state index contributed by atoms with van der Waals surface area (Å²) in [5.74, 6) is 0.0799. The summed E-state index contributed by atoms with van der Waals surface area (Å²) < 4.78 is 15.3. The topological polar surface area (TPSA) is 95.7 Å². The predicted molar refractivity (Wildman–Crippen MR) is 142 cm³/mol. The van der Waals surface area contributed by atoms with Gasteiger partial charge in [-0.15, -0.1) is 0 Å². The largest absolute Gasteiger partial charge is 0.490 e. The lowest BCUT2D eigenvalue weighted by molar-refractivity contribution is -0.108. The van der Waals surface area contributed by atoms with Crippen LogP contribution in [0.5, 0.6) is 5.75 Å². The number of benzene rings is 1. The van der Waals surface area contributed by atoms with Gasteiger partial charge in [0, 0.05) is 30.6 Å². The van der Waals surface area contributed by atoms with Gasteiger partial charge in [0.15, 0.2) is 5.43 Å². The van der Waals surface area contributed by atoms with Gasteiger partial charge in [-0.1, -0.05) is 32.9 Å². The second-order valence-corrected chi connectivity index (χ2v) is 10.6. The molecule has 0 radical (unpaired) electrons. The van der Waals surface area contributed by atoms with Crippen LogP contribution in [0.1, 0.15) is 56.9 Å². The molecule has 2 aromatic heterocycles. The van der Waals surface area contributed by atoms with E-state index < -0.39 is 5.97 Å². The lowest BCUT2D eigenvalue weighted by atomic mass is 9.85. The van der Waals surface area contributed by atoms with Gasteiger partial charge in [-0.05, 0) is 38.4 Å². The fraction of sp³-hybridized carbons (Fsp3) is 0.500. The summed E-state index contributed by atoms with van der Waals surface area (Å²) in [4.78, 5) is 38.2. The SMILES string of the molecule is CCOC(=O)c1cn2c(cc1=O)-c1c3cccc(OCCN(C)CCCC=O)c3nn1CC2C(C)(C)C. The molecule has 9 nitrogen and oxygen atoms in total. The maximum atomic E-state index is 13.0. The Labute approximate surface area is 217 Å². The summed E-state index contributed by atoms with van der Waals surface area (Å²) in [6.45, 7) is 11.0. The van der Waals surface area contributed by atoms with E-state index in [9.17, 15) is 14.4 Å². The molecule has 0 amide bonds. The van der Waals surface area contributed by atoms with Crippen molar-refractivity contribution in [3.05, 3.63) is 46.2 Å². The smallest absolute Gasteiger partial charge is 0.343 e. The zero-order chi connectivity index (χ0) is 26.7. The number of aldehydes is 1. The first-order chi connectivity index (χ1) is 17.7. The van der Waals surface area contributed by atoms with Crippen LogP contribution in [0.3, 0.4) is 0 Å². The predicted octanol–water partition coefficient (Wildman–Crippen LogP) is 3.93. The van der Waals surface area contributed by atoms with E-state index in [-0.39, 0.29) is 29.1 Å². The average molecular weight is 509 g/mol. The average Bonchev–Trinajstić information content (AvgIpc) is 3.22. The molecule has 0 aliphatic carbocycles. The molecule has 0 spiro atoms. The lowest BCUT2D eigenvalue weighted by Gasteiger charge is -2.38. The zero-order valence-corrected chi connectivity index (χ0v) is 22.3. The minimum Gasteiger partial charge on any atom is -0.490 e. The normalized spacial score (nSPS) is 14.9. The third-order valence-corrected chi connectivity index (χ3v) is 6.82. The van der Waals surface area contributed by atoms with Crippen LogP contribution in [0.25, 0.3) is 22.3 Å². The molecule has 1 aliphatic heterocycles. The van der Waals surface area contributed by atoms with E-state index in [1.165, 1.54) is 6.07 Å². The van der Waals surface area contributed by atoms with Crippen molar-refractivity contribution in [3.8, 4) is 17.1 Å². The number of nitrogens with zero attached hydrogens (tertiary/aromatic N) is 4. The fourth-order valence-corrected chi connectivity index (χ4v) is 4.82. The third-order valence-electron chi connectivity index (χ3n) is 6.82. The Kier molecular flexibility index (Phi) is 7.82. The number of carbonyl (C=O) groups is 2. The first kappa shape index (κ1) is 26.6. The summed E-state index contributed by atoms with van der Waals surface area (Å²) in [7, 11) is 2.01. The van der Waals surface area contributed by atoms with Crippen molar-refractivity contribution in [3.63, 3.8) is 0 Å². The third kappa shape index (κ3) is 5.46. The van der Waals surface area contributed by atoms with Gasteiger partial charge in [-0.3, -0.25) is 9.48 Å². The summed E-state index contributed by atoms with van der Waals surface area (Å²) in [6.07, 6.45) is 3.98. The van der Waals surface area contributed by atoms with Crippen molar-refractivity contribution >= 4 is 23.2 Å². The molecule has 3 heterocycles. The second-order valence-electron chi connectivity index (χ2n) is 10.6. The number of likely N-dealkylation sites (N-methyl/N-ethyl adjacent to an activating group) is 1. The summed E-state index contributed by atoms with van der Waals surface area (Å²) in [5, 5.41) is 5.81. The van der Waals surface area contributed by atoms with Crippen LogP contribution in [0, 0.1) is 5.41 Å². The highest BCUT2D eigenvalue weighted by molar-refractivity contribution is 5.97. The van der Waals surface area contributed by atoms with E-state index in [0.717, 1.165) is 48.1 Å². The van der Waals surface area contributed by atoms with Gasteiger partial charge in [0.1, 0.15) is 29.7 Å². The number of hydrogen-bond acceptors (Lipinski definition) is 7. The molecule has 0 saturated carbocycles. The van der Waals surface area contributed by atoms with Gasteiger partial charge >= 0.3 is 5.97 Å².